The number of aliphatic hydroxyl groups is 1. The van der Waals surface area contributed by atoms with Crippen molar-refractivity contribution in [3.05, 3.63) is 86.3 Å². The molecule has 0 radical (unpaired) electrons. The summed E-state index contributed by atoms with van der Waals surface area (Å²) >= 11 is 6.90. The highest BCUT2D eigenvalue weighted by Gasteiger charge is 2.52. The molecule has 2 atom stereocenters. The number of unbranched alkanes of at least 4 members (excludes halogenated alkanes) is 1. The van der Waals surface area contributed by atoms with Crippen molar-refractivity contribution in [2.75, 3.05) is 18.9 Å². The minimum absolute atomic E-state index is 0.0877. The van der Waals surface area contributed by atoms with E-state index in [1.807, 2.05) is 24.0 Å². The zero-order chi connectivity index (χ0) is 34.5. The highest BCUT2D eigenvalue weighted by atomic mass is 35.5. The zero-order valence-corrected chi connectivity index (χ0v) is 28.3. The number of rotatable bonds is 9. The molecule has 2 fully saturated rings. The molecule has 13 heteroatoms. The summed E-state index contributed by atoms with van der Waals surface area (Å²) < 4.78 is 46.8. The number of carbonyl (C=O) groups is 1. The normalized spacial score (nSPS) is 17.9. The van der Waals surface area contributed by atoms with E-state index in [0.717, 1.165) is 43.6 Å². The van der Waals surface area contributed by atoms with Crippen LogP contribution in [0.4, 0.5) is 23.7 Å². The molecular formula is C34H40ClF3N4O4S. The van der Waals surface area contributed by atoms with Gasteiger partial charge in [-0.15, -0.1) is 0 Å². The van der Waals surface area contributed by atoms with E-state index in [4.69, 9.17) is 22.1 Å². The largest absolute Gasteiger partial charge is 0.447 e. The van der Waals surface area contributed by atoms with Crippen LogP contribution in [0.25, 0.3) is 15.8 Å². The summed E-state index contributed by atoms with van der Waals surface area (Å²) in [6.07, 6.45) is -0.141. The number of cyclic esters (lactones) is 1. The van der Waals surface area contributed by atoms with Crippen molar-refractivity contribution in [3.8, 4) is 0 Å². The van der Waals surface area contributed by atoms with Gasteiger partial charge in [0.05, 0.1) is 23.5 Å². The van der Waals surface area contributed by atoms with Gasteiger partial charge in [-0.25, -0.2) is 9.78 Å². The van der Waals surface area contributed by atoms with Crippen LogP contribution >= 0.6 is 23.4 Å². The highest BCUT2D eigenvalue weighted by Crippen LogP contribution is 2.41. The van der Waals surface area contributed by atoms with Crippen LogP contribution in [0.15, 0.2) is 58.8 Å². The second-order valence-electron chi connectivity index (χ2n) is 11.9. The average molecular weight is 693 g/mol. The topological polar surface area (TPSA) is 111 Å². The van der Waals surface area contributed by atoms with Crippen LogP contribution in [-0.4, -0.2) is 56.6 Å². The van der Waals surface area contributed by atoms with Gasteiger partial charge in [0.1, 0.15) is 12.4 Å². The Morgan fingerprint density at radius 3 is 2.57 bits per heavy atom. The summed E-state index contributed by atoms with van der Waals surface area (Å²) in [4.78, 5) is 30.9. The van der Waals surface area contributed by atoms with Crippen LogP contribution in [0.5, 0.6) is 0 Å². The lowest BCUT2D eigenvalue weighted by atomic mass is 9.92. The van der Waals surface area contributed by atoms with E-state index < -0.39 is 11.8 Å². The van der Waals surface area contributed by atoms with Crippen LogP contribution in [-0.2, 0) is 11.3 Å². The van der Waals surface area contributed by atoms with Crippen LogP contribution in [0.3, 0.4) is 0 Å². The fourth-order valence-electron chi connectivity index (χ4n) is 5.43. The van der Waals surface area contributed by atoms with Gasteiger partial charge < -0.3 is 20.5 Å². The number of aryl methyl sites for hydroxylation is 1. The lowest BCUT2D eigenvalue weighted by molar-refractivity contribution is -0.237. The first-order valence-corrected chi connectivity index (χ1v) is 16.7. The number of nitrogens with zero attached hydrogens (tertiary/aromatic N) is 3. The van der Waals surface area contributed by atoms with Gasteiger partial charge in [0.15, 0.2) is 5.60 Å². The number of alkyl halides is 3. The second-order valence-corrected chi connectivity index (χ2v) is 13.3. The third-order valence-electron chi connectivity index (χ3n) is 8.45. The number of hydrogen-bond acceptors (Lipinski definition) is 7. The summed E-state index contributed by atoms with van der Waals surface area (Å²) in [5.74, 6) is 0.490. The summed E-state index contributed by atoms with van der Waals surface area (Å²) in [5, 5.41) is 12.4. The minimum atomic E-state index is -4.82. The number of nitrogen functional groups attached to an aromatic ring is 1. The Labute approximate surface area is 281 Å². The van der Waals surface area contributed by atoms with Crippen molar-refractivity contribution in [3.63, 3.8) is 0 Å². The maximum atomic E-state index is 13.5. The maximum absolute atomic E-state index is 13.5. The van der Waals surface area contributed by atoms with Crippen LogP contribution in [0, 0.1) is 6.92 Å². The predicted molar refractivity (Wildman–Crippen MR) is 182 cm³/mol. The van der Waals surface area contributed by atoms with Crippen molar-refractivity contribution >= 4 is 51.0 Å². The van der Waals surface area contributed by atoms with Gasteiger partial charge in [-0.2, -0.15) is 13.2 Å². The van der Waals surface area contributed by atoms with E-state index in [-0.39, 0.29) is 29.3 Å². The van der Waals surface area contributed by atoms with Crippen LogP contribution in [0.2, 0.25) is 5.02 Å². The van der Waals surface area contributed by atoms with E-state index >= 15 is 0 Å². The van der Waals surface area contributed by atoms with E-state index in [1.54, 1.807) is 25.1 Å². The second kappa shape index (κ2) is 15.2. The first-order valence-electron chi connectivity index (χ1n) is 15.5. The molecule has 3 N–H and O–H groups in total. The molecule has 0 aliphatic carbocycles. The molecule has 2 saturated heterocycles. The lowest BCUT2D eigenvalue weighted by Gasteiger charge is -2.29. The molecule has 0 spiro atoms. The smallest absolute Gasteiger partial charge is 0.420 e. The fraction of sp³-hybridized carbons (Fsp3) is 0.441. The van der Waals surface area contributed by atoms with Gasteiger partial charge in [-0.1, -0.05) is 55.4 Å². The third kappa shape index (κ3) is 8.52. The molecule has 0 saturated carbocycles. The van der Waals surface area contributed by atoms with Gasteiger partial charge >= 0.3 is 12.3 Å². The molecule has 2 aliphatic rings. The lowest BCUT2D eigenvalue weighted by Crippen LogP contribution is -2.43. The summed E-state index contributed by atoms with van der Waals surface area (Å²) in [7, 11) is 0. The van der Waals surface area contributed by atoms with Crippen molar-refractivity contribution in [1.82, 2.24) is 14.5 Å². The Balaban J connectivity index is 0.000000420. The van der Waals surface area contributed by atoms with Crippen LogP contribution < -0.4 is 11.3 Å². The molecule has 2 unspecified atom stereocenters. The fourth-order valence-corrected chi connectivity index (χ4v) is 6.49. The number of hydrogen-bond donors (Lipinski definition) is 2. The molecule has 2 aromatic carbocycles. The first kappa shape index (κ1) is 36.4. The van der Waals surface area contributed by atoms with E-state index in [9.17, 15) is 27.9 Å². The molecule has 1 aromatic heterocycles. The van der Waals surface area contributed by atoms with Crippen molar-refractivity contribution in [2.45, 2.75) is 83.7 Å². The average Bonchev–Trinajstić information content (AvgIpc) is 3.40. The van der Waals surface area contributed by atoms with E-state index in [2.05, 4.69) is 11.6 Å². The van der Waals surface area contributed by atoms with Crippen molar-refractivity contribution < 1.29 is 27.8 Å². The molecule has 2 aliphatic heterocycles. The van der Waals surface area contributed by atoms with E-state index in [1.165, 1.54) is 22.5 Å². The number of halogens is 4. The Bertz CT molecular complexity index is 1710. The number of aromatic nitrogens is 2. The van der Waals surface area contributed by atoms with Gasteiger partial charge in [0, 0.05) is 27.7 Å². The van der Waals surface area contributed by atoms with E-state index in [0.29, 0.717) is 64.3 Å². The summed E-state index contributed by atoms with van der Waals surface area (Å²) in [5.41, 5.74) is 4.85. The maximum Gasteiger partial charge on any atom is 0.420 e. The molecule has 8 nitrogen and oxygen atoms in total. The number of ether oxygens (including phenoxy) is 1. The Morgan fingerprint density at radius 2 is 1.94 bits per heavy atom. The number of anilines is 1. The minimum Gasteiger partial charge on any atom is -0.447 e. The Morgan fingerprint density at radius 1 is 1.23 bits per heavy atom. The van der Waals surface area contributed by atoms with Gasteiger partial charge in [0.2, 0.25) is 0 Å². The monoisotopic (exact) mass is 692 g/mol. The zero-order valence-electron chi connectivity index (χ0n) is 26.7. The molecular weight excluding hydrogens is 653 g/mol. The first-order chi connectivity index (χ1) is 22.1. The summed E-state index contributed by atoms with van der Waals surface area (Å²) in [6.45, 7) is 10.1. The van der Waals surface area contributed by atoms with Crippen molar-refractivity contribution in [2.24, 2.45) is 0 Å². The molecule has 3 heterocycles. The third-order valence-corrected chi connectivity index (χ3v) is 9.61. The number of carbonyl (C=O) groups excluding carboxylic acids is 1. The molecule has 5 rings (SSSR count). The standard InChI is InChI=1S/C27H29ClF3N3O2S.C7H11NO2/c1-5-6-7-19(26(4,36)27(29,30)31)15-37-16(2)21-13-24-22(12-23(21)32)25(35)34(17(3)33-24)14-18-8-10-20(28)11-9-18;9-7-8-4-2-1-3-6(8)5-10-7/h8-13,15,36H,2,5-7,14,32H2,1,3-4H3;6H,1-5H2/b19-15+;. The molecule has 0 bridgehead atoms. The van der Waals surface area contributed by atoms with Gasteiger partial charge in [0.25, 0.3) is 5.56 Å². The Kier molecular flexibility index (Phi) is 11.7. The molecule has 3 aromatic rings. The number of amides is 1. The highest BCUT2D eigenvalue weighted by molar-refractivity contribution is 8.10. The summed E-state index contributed by atoms with van der Waals surface area (Å²) in [6, 6.07) is 10.7. The number of fused-ring (bicyclic) bond motifs is 2. The van der Waals surface area contributed by atoms with Crippen LogP contribution in [0.1, 0.15) is 69.3 Å². The number of nitrogens with two attached hydrogens (primary N) is 1. The molecule has 254 valence electrons. The number of thioether (sulfide) groups is 1. The van der Waals surface area contributed by atoms with Crippen molar-refractivity contribution in [1.29, 1.82) is 0 Å². The van der Waals surface area contributed by atoms with Gasteiger partial charge in [-0.3, -0.25) is 9.36 Å². The molecule has 47 heavy (non-hydrogen) atoms. The van der Waals surface area contributed by atoms with Gasteiger partial charge in [-0.05, 0) is 86.8 Å². The number of benzene rings is 2. The predicted octanol–water partition coefficient (Wildman–Crippen LogP) is 8.07. The Hall–Kier alpha value is -3.48. The molecule has 1 amide bonds. The SMILES string of the molecule is C=C(S/C=C(\CCCC)C(C)(O)C(F)(F)F)c1cc2nc(C)n(Cc3ccc(Cl)cc3)c(=O)c2cc1N.O=C1OCC2CCCCN12. The quantitative estimate of drug-likeness (QED) is 0.218. The number of piperidine rings is 1.